The van der Waals surface area contributed by atoms with Crippen LogP contribution in [-0.4, -0.2) is 67.2 Å². The van der Waals surface area contributed by atoms with Gasteiger partial charge in [0, 0.05) is 42.9 Å². The van der Waals surface area contributed by atoms with Gasteiger partial charge in [-0.2, -0.15) is 0 Å². The Labute approximate surface area is 193 Å². The number of nitrogens with one attached hydrogen (secondary N) is 1. The Morgan fingerprint density at radius 2 is 1.76 bits per heavy atom. The summed E-state index contributed by atoms with van der Waals surface area (Å²) >= 11 is 0. The fourth-order valence-electron chi connectivity index (χ4n) is 3.30. The molecular weight excluding hydrogens is 418 g/mol. The van der Waals surface area contributed by atoms with Crippen molar-refractivity contribution in [2.75, 3.05) is 39.5 Å². The third-order valence-electron chi connectivity index (χ3n) is 5.15. The predicted octanol–water partition coefficient (Wildman–Crippen LogP) is 0.540. The van der Waals surface area contributed by atoms with Crippen LogP contribution in [0.1, 0.15) is 27.0 Å². The van der Waals surface area contributed by atoms with Crippen LogP contribution in [0.25, 0.3) is 0 Å². The van der Waals surface area contributed by atoms with Gasteiger partial charge in [0.2, 0.25) is 0 Å². The molecule has 1 amide bonds. The monoisotopic (exact) mass is 445 g/mol. The van der Waals surface area contributed by atoms with Gasteiger partial charge in [-0.05, 0) is 53.8 Å². The second-order valence-corrected chi connectivity index (χ2v) is 7.55. The van der Waals surface area contributed by atoms with Gasteiger partial charge in [0.1, 0.15) is 12.6 Å². The number of amides is 1. The smallest absolute Gasteiger partial charge is 0.251 e. The Morgan fingerprint density at radius 1 is 1.06 bits per heavy atom. The Bertz CT molecular complexity index is 1080. The molecule has 0 aliphatic carbocycles. The number of aliphatic hydroxyl groups excluding tert-OH is 1. The van der Waals surface area contributed by atoms with Crippen molar-refractivity contribution in [1.29, 1.82) is 0 Å². The first-order chi connectivity index (χ1) is 16.1. The summed E-state index contributed by atoms with van der Waals surface area (Å²) < 4.78 is 5.39. The average molecular weight is 446 g/mol. The molecule has 7 nitrogen and oxygen atoms in total. The van der Waals surface area contributed by atoms with Gasteiger partial charge in [-0.1, -0.05) is 24.0 Å². The van der Waals surface area contributed by atoms with Crippen LogP contribution in [0.2, 0.25) is 0 Å². The minimum absolute atomic E-state index is 0.0799. The average Bonchev–Trinajstić information content (AvgIpc) is 2.86. The van der Waals surface area contributed by atoms with E-state index in [0.717, 1.165) is 38.4 Å². The van der Waals surface area contributed by atoms with Crippen LogP contribution in [0.4, 0.5) is 0 Å². The number of ether oxygens (including phenoxy) is 1. The molecule has 3 rings (SSSR count). The van der Waals surface area contributed by atoms with Gasteiger partial charge in [0.05, 0.1) is 13.2 Å². The molecule has 2 aromatic rings. The highest BCUT2D eigenvalue weighted by Crippen LogP contribution is 2.09. The molecule has 0 radical (unpaired) electrons. The van der Waals surface area contributed by atoms with E-state index < -0.39 is 24.3 Å². The van der Waals surface area contributed by atoms with Gasteiger partial charge in [0.15, 0.2) is 5.78 Å². The molecule has 1 fully saturated rings. The number of benzene rings is 2. The number of carbonyl (C=O) groups excluding carboxylic acids is 2. The van der Waals surface area contributed by atoms with Crippen molar-refractivity contribution in [3.8, 4) is 23.7 Å². The standard InChI is InChI=1S/C26H27N3O4/c27-17-24(25(31)19-30)28-26(32)23-10-8-20(9-11-23)4-1-2-5-21-6-3-7-22(16-21)18-29-12-14-33-15-13-29/h3,6-11,16,24,30H,12-15,17-19,27H2,(H,28,32)/t24-/m0/s1. The fourth-order valence-corrected chi connectivity index (χ4v) is 3.30. The van der Waals surface area contributed by atoms with Crippen LogP contribution in [-0.2, 0) is 16.1 Å². The van der Waals surface area contributed by atoms with Crippen molar-refractivity contribution in [2.24, 2.45) is 5.73 Å². The van der Waals surface area contributed by atoms with Crippen LogP contribution in [0.5, 0.6) is 0 Å². The number of nitrogens with zero attached hydrogens (tertiary/aromatic N) is 1. The van der Waals surface area contributed by atoms with Crippen molar-refractivity contribution < 1.29 is 19.4 Å². The summed E-state index contributed by atoms with van der Waals surface area (Å²) in [6.45, 7) is 3.56. The number of carbonyl (C=O) groups is 2. The molecule has 1 saturated heterocycles. The molecule has 0 unspecified atom stereocenters. The second-order valence-electron chi connectivity index (χ2n) is 7.55. The zero-order valence-electron chi connectivity index (χ0n) is 18.3. The van der Waals surface area contributed by atoms with Gasteiger partial charge >= 0.3 is 0 Å². The largest absolute Gasteiger partial charge is 0.388 e. The van der Waals surface area contributed by atoms with E-state index in [1.54, 1.807) is 24.3 Å². The van der Waals surface area contributed by atoms with Crippen molar-refractivity contribution >= 4 is 11.7 Å². The number of nitrogens with two attached hydrogens (primary N) is 1. The summed E-state index contributed by atoms with van der Waals surface area (Å²) in [6.07, 6.45) is 0. The van der Waals surface area contributed by atoms with E-state index in [4.69, 9.17) is 15.6 Å². The third kappa shape index (κ3) is 7.57. The Kier molecular flexibility index (Phi) is 9.19. The number of Topliss-reactive ketones (excluding diaryl/α,β-unsaturated/α-hetero) is 1. The lowest BCUT2D eigenvalue weighted by molar-refractivity contribution is -0.123. The van der Waals surface area contributed by atoms with Gasteiger partial charge in [-0.25, -0.2) is 0 Å². The first kappa shape index (κ1) is 24.2. The molecule has 0 bridgehead atoms. The van der Waals surface area contributed by atoms with Crippen LogP contribution < -0.4 is 11.1 Å². The van der Waals surface area contributed by atoms with E-state index in [0.29, 0.717) is 11.1 Å². The Hall–Kier alpha value is -3.46. The summed E-state index contributed by atoms with van der Waals surface area (Å²) in [6, 6.07) is 13.9. The molecule has 0 saturated carbocycles. The maximum Gasteiger partial charge on any atom is 0.251 e. The van der Waals surface area contributed by atoms with E-state index in [1.807, 2.05) is 12.1 Å². The lowest BCUT2D eigenvalue weighted by Crippen LogP contribution is -2.46. The number of hydrogen-bond donors (Lipinski definition) is 3. The topological polar surface area (TPSA) is 105 Å². The third-order valence-corrected chi connectivity index (χ3v) is 5.15. The highest BCUT2D eigenvalue weighted by molar-refractivity contribution is 5.98. The normalized spacial score (nSPS) is 14.2. The molecule has 7 heteroatoms. The molecule has 0 aromatic heterocycles. The van der Waals surface area contributed by atoms with Crippen molar-refractivity contribution in [2.45, 2.75) is 12.6 Å². The predicted molar refractivity (Wildman–Crippen MR) is 125 cm³/mol. The van der Waals surface area contributed by atoms with Crippen molar-refractivity contribution in [3.63, 3.8) is 0 Å². The van der Waals surface area contributed by atoms with Gasteiger partial charge in [0.25, 0.3) is 5.91 Å². The maximum absolute atomic E-state index is 12.2. The van der Waals surface area contributed by atoms with E-state index in [-0.39, 0.29) is 6.54 Å². The zero-order chi connectivity index (χ0) is 23.5. The van der Waals surface area contributed by atoms with E-state index in [1.165, 1.54) is 5.56 Å². The first-order valence-electron chi connectivity index (χ1n) is 10.7. The van der Waals surface area contributed by atoms with Crippen molar-refractivity contribution in [3.05, 3.63) is 70.8 Å². The number of aliphatic hydroxyl groups is 1. The SMILES string of the molecule is NC[C@H](NC(=O)c1ccc(C#CC#Cc2cccc(CN3CCOCC3)c2)cc1)C(=O)CO. The van der Waals surface area contributed by atoms with Crippen LogP contribution in [0, 0.1) is 23.7 Å². The Balaban J connectivity index is 1.58. The molecule has 1 aliphatic heterocycles. The lowest BCUT2D eigenvalue weighted by atomic mass is 10.1. The van der Waals surface area contributed by atoms with Crippen molar-refractivity contribution in [1.82, 2.24) is 10.2 Å². The molecule has 1 heterocycles. The number of morpholine rings is 1. The van der Waals surface area contributed by atoms with E-state index >= 15 is 0 Å². The lowest BCUT2D eigenvalue weighted by Gasteiger charge is -2.26. The minimum atomic E-state index is -0.912. The number of ketones is 1. The van der Waals surface area contributed by atoms with Crippen LogP contribution in [0.15, 0.2) is 48.5 Å². The molecule has 170 valence electrons. The minimum Gasteiger partial charge on any atom is -0.388 e. The van der Waals surface area contributed by atoms with Gasteiger partial charge in [-0.15, -0.1) is 0 Å². The molecule has 1 aliphatic rings. The second kappa shape index (κ2) is 12.5. The summed E-state index contributed by atoms with van der Waals surface area (Å²) in [5.74, 6) is 10.8. The molecule has 33 heavy (non-hydrogen) atoms. The molecule has 4 N–H and O–H groups in total. The molecule has 2 aromatic carbocycles. The molecule has 1 atom stereocenters. The highest BCUT2D eigenvalue weighted by Gasteiger charge is 2.18. The van der Waals surface area contributed by atoms with Gasteiger partial charge in [-0.3, -0.25) is 14.5 Å². The summed E-state index contributed by atoms with van der Waals surface area (Å²) in [7, 11) is 0. The summed E-state index contributed by atoms with van der Waals surface area (Å²) in [5.41, 5.74) is 8.68. The molecular formula is C26H27N3O4. The quantitative estimate of drug-likeness (QED) is 0.538. The summed E-state index contributed by atoms with van der Waals surface area (Å²) in [4.78, 5) is 26.1. The van der Waals surface area contributed by atoms with Gasteiger partial charge < -0.3 is 20.9 Å². The highest BCUT2D eigenvalue weighted by atomic mass is 16.5. The molecule has 0 spiro atoms. The number of hydrogen-bond acceptors (Lipinski definition) is 6. The van der Waals surface area contributed by atoms with E-state index in [2.05, 4.69) is 46.0 Å². The Morgan fingerprint density at radius 3 is 2.42 bits per heavy atom. The first-order valence-corrected chi connectivity index (χ1v) is 10.7. The van der Waals surface area contributed by atoms with Crippen LogP contribution >= 0.6 is 0 Å². The van der Waals surface area contributed by atoms with Crippen LogP contribution in [0.3, 0.4) is 0 Å². The summed E-state index contributed by atoms with van der Waals surface area (Å²) in [5, 5.41) is 11.4. The fraction of sp³-hybridized carbons (Fsp3) is 0.308. The van der Waals surface area contributed by atoms with E-state index in [9.17, 15) is 9.59 Å². The maximum atomic E-state index is 12.2. The zero-order valence-corrected chi connectivity index (χ0v) is 18.3. The number of rotatable bonds is 7.